The third-order valence-electron chi connectivity index (χ3n) is 5.25. The summed E-state index contributed by atoms with van der Waals surface area (Å²) in [5, 5.41) is 14.1. The van der Waals surface area contributed by atoms with Gasteiger partial charge in [0.15, 0.2) is 0 Å². The summed E-state index contributed by atoms with van der Waals surface area (Å²) < 4.78 is 0. The monoisotopic (exact) mass is 414 g/mol. The van der Waals surface area contributed by atoms with E-state index in [9.17, 15) is 4.79 Å². The van der Waals surface area contributed by atoms with Crippen molar-refractivity contribution >= 4 is 5.97 Å². The molecule has 0 aliphatic heterocycles. The molecule has 0 spiro atoms. The highest BCUT2D eigenvalue weighted by Crippen LogP contribution is 2.11. The number of unbranched alkanes of at least 4 members (excludes halogenated alkanes) is 12. The normalized spacial score (nSPS) is 12.4. The summed E-state index contributed by atoms with van der Waals surface area (Å²) in [6.45, 7) is 8.83. The third kappa shape index (κ3) is 21.9. The van der Waals surface area contributed by atoms with E-state index in [0.29, 0.717) is 6.42 Å². The second-order valence-electron chi connectivity index (χ2n) is 8.37. The topological polar surface area (TPSA) is 61.8 Å². The number of hydroxylamine groups is 2. The van der Waals surface area contributed by atoms with Crippen LogP contribution >= 0.6 is 0 Å². The molecule has 5 nitrogen and oxygen atoms in total. The minimum Gasteiger partial charge on any atom is -0.379 e. The number of carbonyl (C=O) groups is 1. The Morgan fingerprint density at radius 3 is 1.79 bits per heavy atom. The van der Waals surface area contributed by atoms with Crippen molar-refractivity contribution in [1.29, 1.82) is 0 Å². The van der Waals surface area contributed by atoms with Crippen LogP contribution < -0.4 is 5.32 Å². The molecule has 0 aliphatic rings. The van der Waals surface area contributed by atoms with Crippen molar-refractivity contribution < 1.29 is 14.7 Å². The molecule has 0 aromatic heterocycles. The molecular weight excluding hydrogens is 364 g/mol. The molecule has 2 N–H and O–H groups in total. The van der Waals surface area contributed by atoms with Gasteiger partial charge in [0, 0.05) is 19.5 Å². The van der Waals surface area contributed by atoms with E-state index in [0.717, 1.165) is 51.7 Å². The predicted molar refractivity (Wildman–Crippen MR) is 123 cm³/mol. The zero-order chi connectivity index (χ0) is 21.6. The molecule has 1 atom stereocenters. The minimum atomic E-state index is -0.404. The number of hydrogen-bond acceptors (Lipinski definition) is 5. The Hall–Kier alpha value is -0.650. The molecule has 0 fully saturated rings. The van der Waals surface area contributed by atoms with Gasteiger partial charge in [-0.3, -0.25) is 10.1 Å². The standard InChI is InChI=1S/C24H50N2O3/c1-4-6-8-17-21-26(22-18-9-7-5-2)29-24(28)19-15-13-11-10-12-14-16-20-25-23(3)27/h23,25,27H,4-22H2,1-3H3. The molecule has 1 unspecified atom stereocenters. The van der Waals surface area contributed by atoms with Gasteiger partial charge >= 0.3 is 5.97 Å². The number of nitrogens with one attached hydrogen (secondary N) is 1. The first kappa shape index (κ1) is 28.4. The van der Waals surface area contributed by atoms with E-state index in [1.165, 1.54) is 64.2 Å². The number of rotatable bonds is 22. The Morgan fingerprint density at radius 1 is 0.793 bits per heavy atom. The lowest BCUT2D eigenvalue weighted by Gasteiger charge is -2.21. The van der Waals surface area contributed by atoms with Gasteiger partial charge in [-0.25, -0.2) is 0 Å². The second-order valence-corrected chi connectivity index (χ2v) is 8.37. The molecular formula is C24H50N2O3. The fourth-order valence-electron chi connectivity index (χ4n) is 3.41. The van der Waals surface area contributed by atoms with Crippen LogP contribution in [0.3, 0.4) is 0 Å². The molecule has 0 radical (unpaired) electrons. The van der Waals surface area contributed by atoms with E-state index in [1.807, 2.05) is 5.06 Å². The molecule has 5 heteroatoms. The van der Waals surface area contributed by atoms with Gasteiger partial charge in [0.1, 0.15) is 6.23 Å². The van der Waals surface area contributed by atoms with Crippen molar-refractivity contribution in [2.45, 2.75) is 130 Å². The van der Waals surface area contributed by atoms with Crippen molar-refractivity contribution in [1.82, 2.24) is 10.4 Å². The minimum absolute atomic E-state index is 0.0554. The maximum atomic E-state index is 12.2. The van der Waals surface area contributed by atoms with E-state index in [2.05, 4.69) is 19.2 Å². The van der Waals surface area contributed by atoms with E-state index >= 15 is 0 Å². The number of nitrogens with zero attached hydrogens (tertiary/aromatic N) is 1. The van der Waals surface area contributed by atoms with Crippen LogP contribution in [0.4, 0.5) is 0 Å². The summed E-state index contributed by atoms with van der Waals surface area (Å²) >= 11 is 0. The predicted octanol–water partition coefficient (Wildman–Crippen LogP) is 5.96. The maximum Gasteiger partial charge on any atom is 0.325 e. The summed E-state index contributed by atoms with van der Waals surface area (Å²) in [6, 6.07) is 0. The Kier molecular flexibility index (Phi) is 21.6. The molecule has 0 aromatic rings. The fraction of sp³-hybridized carbons (Fsp3) is 0.958. The lowest BCUT2D eigenvalue weighted by Crippen LogP contribution is -2.29. The molecule has 29 heavy (non-hydrogen) atoms. The van der Waals surface area contributed by atoms with Gasteiger partial charge < -0.3 is 9.94 Å². The lowest BCUT2D eigenvalue weighted by atomic mass is 10.1. The summed E-state index contributed by atoms with van der Waals surface area (Å²) in [4.78, 5) is 17.9. The molecule has 0 aromatic carbocycles. The summed E-state index contributed by atoms with van der Waals surface area (Å²) in [6.07, 6.45) is 17.8. The average molecular weight is 415 g/mol. The van der Waals surface area contributed by atoms with E-state index in [1.54, 1.807) is 6.92 Å². The van der Waals surface area contributed by atoms with Gasteiger partial charge in [-0.05, 0) is 39.2 Å². The Morgan fingerprint density at radius 2 is 1.28 bits per heavy atom. The van der Waals surface area contributed by atoms with Crippen molar-refractivity contribution in [2.75, 3.05) is 19.6 Å². The van der Waals surface area contributed by atoms with Crippen LogP contribution in [-0.2, 0) is 9.63 Å². The lowest BCUT2D eigenvalue weighted by molar-refractivity contribution is -0.191. The average Bonchev–Trinajstić information content (AvgIpc) is 2.69. The summed E-state index contributed by atoms with van der Waals surface area (Å²) in [5.41, 5.74) is 0. The maximum absolute atomic E-state index is 12.2. The van der Waals surface area contributed by atoms with Gasteiger partial charge in [-0.1, -0.05) is 84.5 Å². The second kappa shape index (κ2) is 22.0. The molecule has 0 saturated carbocycles. The first-order chi connectivity index (χ1) is 14.1. The Labute approximate surface area is 180 Å². The highest BCUT2D eigenvalue weighted by molar-refractivity contribution is 5.68. The Balaban J connectivity index is 3.76. The number of aliphatic hydroxyl groups excluding tert-OH is 1. The zero-order valence-corrected chi connectivity index (χ0v) is 19.7. The van der Waals surface area contributed by atoms with Crippen LogP contribution in [0.1, 0.15) is 124 Å². The van der Waals surface area contributed by atoms with Crippen LogP contribution in [0.2, 0.25) is 0 Å². The van der Waals surface area contributed by atoms with Gasteiger partial charge in [-0.2, -0.15) is 0 Å². The summed E-state index contributed by atoms with van der Waals surface area (Å²) in [5.74, 6) is -0.0554. The highest BCUT2D eigenvalue weighted by Gasteiger charge is 2.11. The Bertz CT molecular complexity index is 339. The fourth-order valence-corrected chi connectivity index (χ4v) is 3.41. The molecule has 0 bridgehead atoms. The van der Waals surface area contributed by atoms with Gasteiger partial charge in [0.2, 0.25) is 0 Å². The van der Waals surface area contributed by atoms with Gasteiger partial charge in [0.05, 0.1) is 0 Å². The quantitative estimate of drug-likeness (QED) is 0.130. The molecule has 0 saturated heterocycles. The van der Waals surface area contributed by atoms with Gasteiger partial charge in [0.25, 0.3) is 0 Å². The molecule has 0 aliphatic carbocycles. The number of aliphatic hydroxyl groups is 1. The third-order valence-corrected chi connectivity index (χ3v) is 5.25. The first-order valence-corrected chi connectivity index (χ1v) is 12.5. The smallest absolute Gasteiger partial charge is 0.325 e. The highest BCUT2D eigenvalue weighted by atomic mass is 16.7. The first-order valence-electron chi connectivity index (χ1n) is 12.5. The van der Waals surface area contributed by atoms with E-state index in [4.69, 9.17) is 9.94 Å². The van der Waals surface area contributed by atoms with Crippen molar-refractivity contribution in [2.24, 2.45) is 0 Å². The van der Waals surface area contributed by atoms with E-state index < -0.39 is 6.23 Å². The van der Waals surface area contributed by atoms with Crippen LogP contribution in [-0.4, -0.2) is 42.0 Å². The number of hydrogen-bond donors (Lipinski definition) is 2. The van der Waals surface area contributed by atoms with Crippen molar-refractivity contribution in [3.05, 3.63) is 0 Å². The van der Waals surface area contributed by atoms with Crippen molar-refractivity contribution in [3.8, 4) is 0 Å². The largest absolute Gasteiger partial charge is 0.379 e. The molecule has 0 amide bonds. The van der Waals surface area contributed by atoms with Crippen LogP contribution in [0.5, 0.6) is 0 Å². The molecule has 0 heterocycles. The van der Waals surface area contributed by atoms with Crippen LogP contribution in [0.25, 0.3) is 0 Å². The zero-order valence-electron chi connectivity index (χ0n) is 19.7. The summed E-state index contributed by atoms with van der Waals surface area (Å²) in [7, 11) is 0. The SMILES string of the molecule is CCCCCCN(CCCCCC)OC(=O)CCCCCCCCCNC(C)O. The number of carbonyl (C=O) groups excluding carboxylic acids is 1. The van der Waals surface area contributed by atoms with Crippen LogP contribution in [0, 0.1) is 0 Å². The van der Waals surface area contributed by atoms with E-state index in [-0.39, 0.29) is 5.97 Å². The molecule has 0 rings (SSSR count). The van der Waals surface area contributed by atoms with Crippen molar-refractivity contribution in [3.63, 3.8) is 0 Å². The van der Waals surface area contributed by atoms with Crippen LogP contribution in [0.15, 0.2) is 0 Å². The molecule has 174 valence electrons. The van der Waals surface area contributed by atoms with Gasteiger partial charge in [-0.15, -0.1) is 5.06 Å².